The summed E-state index contributed by atoms with van der Waals surface area (Å²) in [5.74, 6) is 0.0368. The Morgan fingerprint density at radius 2 is 1.94 bits per heavy atom. The van der Waals surface area contributed by atoms with E-state index in [1.165, 1.54) is 12.1 Å². The zero-order chi connectivity index (χ0) is 12.7. The van der Waals surface area contributed by atoms with Crippen LogP contribution < -0.4 is 9.47 Å². The van der Waals surface area contributed by atoms with Crippen molar-refractivity contribution in [3.8, 4) is 17.6 Å². The molecule has 5 heteroatoms. The van der Waals surface area contributed by atoms with Gasteiger partial charge in [0.1, 0.15) is 0 Å². The number of fused-ring (bicyclic) bond motifs is 1. The zero-order valence-electron chi connectivity index (χ0n) is 9.46. The number of nitrogens with zero attached hydrogens (tertiary/aromatic N) is 1. The molecular formula is C12H11F2NO2. The number of halogens is 2. The van der Waals surface area contributed by atoms with E-state index in [2.05, 4.69) is 15.5 Å². The van der Waals surface area contributed by atoms with Crippen LogP contribution in [0.1, 0.15) is 19.4 Å². The molecule has 1 aliphatic rings. The van der Waals surface area contributed by atoms with E-state index < -0.39 is 11.7 Å². The van der Waals surface area contributed by atoms with Gasteiger partial charge in [0.2, 0.25) is 0 Å². The number of rotatable bonds is 2. The van der Waals surface area contributed by atoms with E-state index in [0.29, 0.717) is 6.42 Å². The molecule has 0 aromatic heterocycles. The van der Waals surface area contributed by atoms with Crippen molar-refractivity contribution in [2.24, 2.45) is 5.41 Å². The molecule has 0 fully saturated rings. The van der Waals surface area contributed by atoms with Crippen molar-refractivity contribution in [1.82, 2.24) is 0 Å². The fraction of sp³-hybridized carbons (Fsp3) is 0.417. The van der Waals surface area contributed by atoms with Crippen molar-refractivity contribution in [2.75, 3.05) is 0 Å². The molecule has 0 amide bonds. The predicted molar refractivity (Wildman–Crippen MR) is 55.7 cm³/mol. The molecule has 1 aliphatic heterocycles. The van der Waals surface area contributed by atoms with Gasteiger partial charge in [0.15, 0.2) is 11.5 Å². The summed E-state index contributed by atoms with van der Waals surface area (Å²) in [4.78, 5) is 0. The van der Waals surface area contributed by atoms with Gasteiger partial charge in [-0.15, -0.1) is 8.78 Å². The summed E-state index contributed by atoms with van der Waals surface area (Å²) in [6.45, 7) is 3.57. The summed E-state index contributed by atoms with van der Waals surface area (Å²) >= 11 is 0. The number of hydrogen-bond donors (Lipinski definition) is 0. The highest BCUT2D eigenvalue weighted by atomic mass is 19.3. The Kier molecular flexibility index (Phi) is 2.46. The molecule has 0 bridgehead atoms. The SMILES string of the molecule is CC(C)(C#N)Cc1ccc2c(c1)OC(F)(F)O2. The molecule has 0 unspecified atom stereocenters. The lowest BCUT2D eigenvalue weighted by molar-refractivity contribution is -0.286. The summed E-state index contributed by atoms with van der Waals surface area (Å²) in [6, 6.07) is 6.72. The molecule has 1 heterocycles. The van der Waals surface area contributed by atoms with Gasteiger partial charge >= 0.3 is 6.29 Å². The number of alkyl halides is 2. The summed E-state index contributed by atoms with van der Waals surface area (Å²) in [5, 5.41) is 8.91. The lowest BCUT2D eigenvalue weighted by Gasteiger charge is -2.14. The zero-order valence-corrected chi connectivity index (χ0v) is 9.46. The van der Waals surface area contributed by atoms with Crippen molar-refractivity contribution < 1.29 is 18.3 Å². The predicted octanol–water partition coefficient (Wildman–Crippen LogP) is 3.10. The minimum absolute atomic E-state index is 0.0150. The quantitative estimate of drug-likeness (QED) is 0.796. The molecule has 3 nitrogen and oxygen atoms in total. The maximum absolute atomic E-state index is 12.8. The van der Waals surface area contributed by atoms with E-state index >= 15 is 0 Å². The molecule has 0 saturated heterocycles. The van der Waals surface area contributed by atoms with Crippen molar-refractivity contribution in [1.29, 1.82) is 5.26 Å². The van der Waals surface area contributed by atoms with Gasteiger partial charge in [-0.1, -0.05) is 6.07 Å². The first-order valence-electron chi connectivity index (χ1n) is 5.11. The van der Waals surface area contributed by atoms with Gasteiger partial charge in [-0.05, 0) is 38.0 Å². The van der Waals surface area contributed by atoms with Crippen molar-refractivity contribution in [3.63, 3.8) is 0 Å². The molecule has 90 valence electrons. The third kappa shape index (κ3) is 2.47. The van der Waals surface area contributed by atoms with Gasteiger partial charge in [-0.25, -0.2) is 0 Å². The largest absolute Gasteiger partial charge is 0.586 e. The second-order valence-electron chi connectivity index (χ2n) is 4.62. The van der Waals surface area contributed by atoms with Gasteiger partial charge in [-0.3, -0.25) is 0 Å². The van der Waals surface area contributed by atoms with E-state index in [-0.39, 0.29) is 11.5 Å². The summed E-state index contributed by atoms with van der Waals surface area (Å²) in [7, 11) is 0. The van der Waals surface area contributed by atoms with E-state index in [0.717, 1.165) is 5.56 Å². The Labute approximate surface area is 97.6 Å². The number of nitriles is 1. The number of benzene rings is 1. The molecule has 17 heavy (non-hydrogen) atoms. The molecule has 0 atom stereocenters. The monoisotopic (exact) mass is 239 g/mol. The van der Waals surface area contributed by atoms with Gasteiger partial charge in [-0.2, -0.15) is 5.26 Å². The van der Waals surface area contributed by atoms with Gasteiger partial charge in [0.25, 0.3) is 0 Å². The normalized spacial score (nSPS) is 16.6. The number of ether oxygens (including phenoxy) is 2. The van der Waals surface area contributed by atoms with Crippen LogP contribution in [-0.4, -0.2) is 6.29 Å². The first-order valence-corrected chi connectivity index (χ1v) is 5.11. The highest BCUT2D eigenvalue weighted by Crippen LogP contribution is 2.41. The first kappa shape index (κ1) is 11.6. The van der Waals surface area contributed by atoms with Crippen LogP contribution in [0.25, 0.3) is 0 Å². The fourth-order valence-electron chi connectivity index (χ4n) is 1.65. The van der Waals surface area contributed by atoms with Crippen LogP contribution in [0.4, 0.5) is 8.78 Å². The van der Waals surface area contributed by atoms with E-state index in [4.69, 9.17) is 5.26 Å². The molecule has 0 radical (unpaired) electrons. The smallest absolute Gasteiger partial charge is 0.395 e. The molecule has 0 spiro atoms. The second kappa shape index (κ2) is 3.59. The molecular weight excluding hydrogens is 228 g/mol. The maximum Gasteiger partial charge on any atom is 0.586 e. The average Bonchev–Trinajstić information content (AvgIpc) is 2.50. The highest BCUT2D eigenvalue weighted by Gasteiger charge is 2.43. The Morgan fingerprint density at radius 1 is 1.29 bits per heavy atom. The summed E-state index contributed by atoms with van der Waals surface area (Å²) in [5.41, 5.74) is 0.215. The van der Waals surface area contributed by atoms with Crippen molar-refractivity contribution in [3.05, 3.63) is 23.8 Å². The van der Waals surface area contributed by atoms with E-state index in [1.54, 1.807) is 19.9 Å². The van der Waals surface area contributed by atoms with Gasteiger partial charge in [0.05, 0.1) is 11.5 Å². The third-order valence-electron chi connectivity index (χ3n) is 2.41. The van der Waals surface area contributed by atoms with E-state index in [1.807, 2.05) is 0 Å². The Morgan fingerprint density at radius 3 is 2.59 bits per heavy atom. The summed E-state index contributed by atoms with van der Waals surface area (Å²) in [6.07, 6.45) is -3.13. The van der Waals surface area contributed by atoms with Crippen LogP contribution in [0.2, 0.25) is 0 Å². The van der Waals surface area contributed by atoms with Crippen LogP contribution in [0, 0.1) is 16.7 Å². The van der Waals surface area contributed by atoms with Crippen LogP contribution in [0.5, 0.6) is 11.5 Å². The van der Waals surface area contributed by atoms with Crippen LogP contribution in [0.15, 0.2) is 18.2 Å². The second-order valence-corrected chi connectivity index (χ2v) is 4.62. The third-order valence-corrected chi connectivity index (χ3v) is 2.41. The van der Waals surface area contributed by atoms with Gasteiger partial charge < -0.3 is 9.47 Å². The topological polar surface area (TPSA) is 42.2 Å². The van der Waals surface area contributed by atoms with Crippen molar-refractivity contribution >= 4 is 0 Å². The van der Waals surface area contributed by atoms with Crippen LogP contribution in [0.3, 0.4) is 0 Å². The number of hydrogen-bond acceptors (Lipinski definition) is 3. The molecule has 0 saturated carbocycles. The maximum atomic E-state index is 12.8. The Balaban J connectivity index is 2.23. The van der Waals surface area contributed by atoms with Gasteiger partial charge in [0, 0.05) is 0 Å². The Hall–Kier alpha value is -1.83. The van der Waals surface area contributed by atoms with Crippen LogP contribution >= 0.6 is 0 Å². The molecule has 2 rings (SSSR count). The average molecular weight is 239 g/mol. The standard InChI is InChI=1S/C12H11F2NO2/c1-11(2,7-15)6-8-3-4-9-10(5-8)17-12(13,14)16-9/h3-5H,6H2,1-2H3. The fourth-order valence-corrected chi connectivity index (χ4v) is 1.65. The highest BCUT2D eigenvalue weighted by molar-refractivity contribution is 5.45. The molecule has 1 aromatic carbocycles. The van der Waals surface area contributed by atoms with Crippen LogP contribution in [-0.2, 0) is 6.42 Å². The Bertz CT molecular complexity index is 492. The molecule has 1 aromatic rings. The molecule has 0 aliphatic carbocycles. The minimum atomic E-state index is -3.59. The lowest BCUT2D eigenvalue weighted by atomic mass is 9.87. The summed E-state index contributed by atoms with van der Waals surface area (Å²) < 4.78 is 34.2. The van der Waals surface area contributed by atoms with Crippen molar-refractivity contribution in [2.45, 2.75) is 26.6 Å². The van der Waals surface area contributed by atoms with E-state index in [9.17, 15) is 8.78 Å². The first-order chi connectivity index (χ1) is 7.81. The molecule has 0 N–H and O–H groups in total. The minimum Gasteiger partial charge on any atom is -0.395 e. The lowest BCUT2D eigenvalue weighted by Crippen LogP contribution is -2.25.